The van der Waals surface area contributed by atoms with E-state index in [0.717, 1.165) is 25.9 Å². The van der Waals surface area contributed by atoms with Crippen molar-refractivity contribution in [2.75, 3.05) is 13.1 Å². The minimum Gasteiger partial charge on any atom is -0.369 e. The molecule has 1 aliphatic heterocycles. The molecule has 84 valence electrons. The van der Waals surface area contributed by atoms with E-state index in [9.17, 15) is 4.79 Å². The molecular weight excluding hydrogens is 258 g/mol. The maximum Gasteiger partial charge on any atom is 0.221 e. The Hall–Kier alpha value is 0.590. The van der Waals surface area contributed by atoms with Crippen molar-refractivity contribution in [3.05, 3.63) is 0 Å². The number of hydrogen-bond donors (Lipinski definition) is 2. The predicted octanol–water partition coefficient (Wildman–Crippen LogP) is 1.16. The van der Waals surface area contributed by atoms with Crippen LogP contribution in [-0.4, -0.2) is 19.0 Å². The van der Waals surface area contributed by atoms with Gasteiger partial charge in [-0.25, -0.2) is 0 Å². The number of nitrogens with one attached hydrogen (secondary N) is 1. The van der Waals surface area contributed by atoms with Crippen molar-refractivity contribution < 1.29 is 4.79 Å². The summed E-state index contributed by atoms with van der Waals surface area (Å²) in [6.45, 7) is 1.80. The van der Waals surface area contributed by atoms with E-state index in [1.165, 1.54) is 0 Å². The zero-order valence-corrected chi connectivity index (χ0v) is 10.3. The first-order chi connectivity index (χ1) is 4.30. The van der Waals surface area contributed by atoms with Crippen LogP contribution >= 0.6 is 49.6 Å². The standard InChI is InChI=1S/C6H12N2O.4ClH/c7-6(9)5-2-1-3-8-4-5;;;;/h5,8H,1-4H2,(H2,7,9);4*1H. The molecule has 0 aromatic carbocycles. The molecule has 13 heavy (non-hydrogen) atoms. The van der Waals surface area contributed by atoms with E-state index in [0.29, 0.717) is 0 Å². The first kappa shape index (κ1) is 23.4. The lowest BCUT2D eigenvalue weighted by Gasteiger charge is -2.18. The van der Waals surface area contributed by atoms with Crippen LogP contribution in [0.4, 0.5) is 0 Å². The summed E-state index contributed by atoms with van der Waals surface area (Å²) in [6, 6.07) is 0. The fraction of sp³-hybridized carbons (Fsp3) is 0.833. The molecule has 0 spiro atoms. The van der Waals surface area contributed by atoms with Crippen molar-refractivity contribution in [2.24, 2.45) is 11.7 Å². The van der Waals surface area contributed by atoms with Gasteiger partial charge in [0, 0.05) is 6.54 Å². The number of piperidine rings is 1. The number of rotatable bonds is 1. The molecule has 1 aliphatic rings. The zero-order chi connectivity index (χ0) is 6.69. The number of primary amides is 1. The van der Waals surface area contributed by atoms with Gasteiger partial charge in [0.2, 0.25) is 5.91 Å². The summed E-state index contributed by atoms with van der Waals surface area (Å²) >= 11 is 0. The molecular formula is C6H16Cl4N2O. The third kappa shape index (κ3) is 8.91. The van der Waals surface area contributed by atoms with Crippen LogP contribution in [0, 0.1) is 5.92 Å². The van der Waals surface area contributed by atoms with Gasteiger partial charge in [-0.05, 0) is 19.4 Å². The van der Waals surface area contributed by atoms with Gasteiger partial charge in [0.15, 0.2) is 0 Å². The van der Waals surface area contributed by atoms with Gasteiger partial charge in [-0.2, -0.15) is 0 Å². The normalized spacial score (nSPS) is 19.2. The van der Waals surface area contributed by atoms with Gasteiger partial charge < -0.3 is 11.1 Å². The summed E-state index contributed by atoms with van der Waals surface area (Å²) in [5.74, 6) is -0.0825. The quantitative estimate of drug-likeness (QED) is 0.753. The number of nitrogens with two attached hydrogens (primary N) is 1. The molecule has 0 saturated carbocycles. The lowest BCUT2D eigenvalue weighted by molar-refractivity contribution is -0.122. The predicted molar refractivity (Wildman–Crippen MR) is 63.8 cm³/mol. The van der Waals surface area contributed by atoms with E-state index < -0.39 is 0 Å². The lowest BCUT2D eigenvalue weighted by Crippen LogP contribution is -2.37. The molecule has 1 fully saturated rings. The molecule has 3 nitrogen and oxygen atoms in total. The number of hydrogen-bond acceptors (Lipinski definition) is 2. The fourth-order valence-corrected chi connectivity index (χ4v) is 1.09. The lowest BCUT2D eigenvalue weighted by atomic mass is 9.99. The average Bonchev–Trinajstić information content (AvgIpc) is 1.90. The van der Waals surface area contributed by atoms with Crippen LogP contribution < -0.4 is 11.1 Å². The van der Waals surface area contributed by atoms with E-state index in [2.05, 4.69) is 5.32 Å². The summed E-state index contributed by atoms with van der Waals surface area (Å²) in [4.78, 5) is 10.5. The molecule has 7 heteroatoms. The Morgan fingerprint density at radius 2 is 1.77 bits per heavy atom. The molecule has 1 atom stereocenters. The van der Waals surface area contributed by atoms with Gasteiger partial charge in [0.25, 0.3) is 0 Å². The van der Waals surface area contributed by atoms with Crippen LogP contribution in [0.3, 0.4) is 0 Å². The van der Waals surface area contributed by atoms with Crippen molar-refractivity contribution in [2.45, 2.75) is 12.8 Å². The average molecular weight is 274 g/mol. The minimum atomic E-state index is -0.165. The van der Waals surface area contributed by atoms with Crippen molar-refractivity contribution in [1.29, 1.82) is 0 Å². The summed E-state index contributed by atoms with van der Waals surface area (Å²) < 4.78 is 0. The molecule has 1 rings (SSSR count). The number of amides is 1. The zero-order valence-electron chi connectivity index (χ0n) is 7.02. The maximum absolute atomic E-state index is 10.5. The van der Waals surface area contributed by atoms with Crippen LogP contribution in [0.25, 0.3) is 0 Å². The smallest absolute Gasteiger partial charge is 0.221 e. The highest BCUT2D eigenvalue weighted by molar-refractivity contribution is 5.86. The van der Waals surface area contributed by atoms with Gasteiger partial charge in [-0.15, -0.1) is 49.6 Å². The third-order valence-electron chi connectivity index (χ3n) is 1.70. The molecule has 1 heterocycles. The van der Waals surface area contributed by atoms with Crippen LogP contribution in [0.15, 0.2) is 0 Å². The van der Waals surface area contributed by atoms with Gasteiger partial charge >= 0.3 is 0 Å². The highest BCUT2D eigenvalue weighted by Gasteiger charge is 2.17. The second kappa shape index (κ2) is 12.6. The van der Waals surface area contributed by atoms with Crippen LogP contribution in [0.1, 0.15) is 12.8 Å². The summed E-state index contributed by atoms with van der Waals surface area (Å²) in [5, 5.41) is 3.12. The van der Waals surface area contributed by atoms with Crippen molar-refractivity contribution in [3.63, 3.8) is 0 Å². The van der Waals surface area contributed by atoms with Crippen molar-refractivity contribution >= 4 is 55.5 Å². The van der Waals surface area contributed by atoms with E-state index in [4.69, 9.17) is 5.73 Å². The van der Waals surface area contributed by atoms with E-state index in [1.54, 1.807) is 0 Å². The molecule has 0 bridgehead atoms. The Labute approximate surface area is 103 Å². The van der Waals surface area contributed by atoms with Crippen LogP contribution in [0.2, 0.25) is 0 Å². The maximum atomic E-state index is 10.5. The third-order valence-corrected chi connectivity index (χ3v) is 1.70. The molecule has 1 amide bonds. The van der Waals surface area contributed by atoms with Crippen molar-refractivity contribution in [1.82, 2.24) is 5.32 Å². The Morgan fingerprint density at radius 1 is 1.23 bits per heavy atom. The summed E-state index contributed by atoms with van der Waals surface area (Å²) in [5.41, 5.74) is 5.09. The molecule has 0 aromatic rings. The van der Waals surface area contributed by atoms with Crippen LogP contribution in [-0.2, 0) is 4.79 Å². The highest BCUT2D eigenvalue weighted by Crippen LogP contribution is 2.07. The largest absolute Gasteiger partial charge is 0.369 e. The molecule has 0 aliphatic carbocycles. The Bertz CT molecular complexity index is 119. The van der Waals surface area contributed by atoms with Crippen molar-refractivity contribution in [3.8, 4) is 0 Å². The minimum absolute atomic E-state index is 0. The fourth-order valence-electron chi connectivity index (χ4n) is 1.09. The summed E-state index contributed by atoms with van der Waals surface area (Å²) in [6.07, 6.45) is 2.04. The first-order valence-electron chi connectivity index (χ1n) is 3.31. The first-order valence-corrected chi connectivity index (χ1v) is 3.31. The topological polar surface area (TPSA) is 55.1 Å². The van der Waals surface area contributed by atoms with Gasteiger partial charge in [-0.1, -0.05) is 0 Å². The molecule has 1 unspecified atom stereocenters. The Balaban J connectivity index is -0.000000101. The van der Waals surface area contributed by atoms with Gasteiger partial charge in [0.1, 0.15) is 0 Å². The second-order valence-corrected chi connectivity index (χ2v) is 2.45. The Kier molecular flexibility index (Phi) is 22.7. The van der Waals surface area contributed by atoms with E-state index in [-0.39, 0.29) is 61.5 Å². The molecule has 1 saturated heterocycles. The molecule has 0 radical (unpaired) electrons. The molecule has 3 N–H and O–H groups in total. The van der Waals surface area contributed by atoms with Crippen LogP contribution in [0.5, 0.6) is 0 Å². The Morgan fingerprint density at radius 3 is 2.00 bits per heavy atom. The van der Waals surface area contributed by atoms with E-state index in [1.807, 2.05) is 0 Å². The van der Waals surface area contributed by atoms with E-state index >= 15 is 0 Å². The van der Waals surface area contributed by atoms with Gasteiger partial charge in [-0.3, -0.25) is 4.79 Å². The number of carbonyl (C=O) groups is 1. The summed E-state index contributed by atoms with van der Waals surface area (Å²) in [7, 11) is 0. The SMILES string of the molecule is Cl.Cl.Cl.Cl.NC(=O)C1CCCNC1. The monoisotopic (exact) mass is 272 g/mol. The highest BCUT2D eigenvalue weighted by atomic mass is 35.5. The molecule has 0 aromatic heterocycles. The number of carbonyl (C=O) groups excluding carboxylic acids is 1. The van der Waals surface area contributed by atoms with Gasteiger partial charge in [0.05, 0.1) is 5.92 Å². The second-order valence-electron chi connectivity index (χ2n) is 2.45. The number of halogens is 4.